The minimum absolute atomic E-state index is 0.241. The monoisotopic (exact) mass is 267 g/mol. The molecule has 6 nitrogen and oxygen atoms in total. The van der Waals surface area contributed by atoms with E-state index in [2.05, 4.69) is 15.1 Å². The molecule has 0 saturated carbocycles. The van der Waals surface area contributed by atoms with Crippen LogP contribution in [0.25, 0.3) is 5.69 Å². The van der Waals surface area contributed by atoms with Crippen LogP contribution in [-0.4, -0.2) is 19.7 Å². The molecule has 0 radical (unpaired) electrons. The quantitative estimate of drug-likeness (QED) is 0.788. The Balaban J connectivity index is 1.82. The van der Waals surface area contributed by atoms with Crippen molar-refractivity contribution in [2.75, 3.05) is 5.73 Å². The summed E-state index contributed by atoms with van der Waals surface area (Å²) in [5, 5.41) is 4.24. The first-order chi connectivity index (χ1) is 9.72. The summed E-state index contributed by atoms with van der Waals surface area (Å²) in [4.78, 5) is 8.18. The molecule has 0 fully saturated rings. The maximum Gasteiger partial charge on any atom is 0.342 e. The highest BCUT2D eigenvalue weighted by Gasteiger charge is 2.06. The Kier molecular flexibility index (Phi) is 3.04. The number of nitrogens with two attached hydrogens (primary N) is 1. The second-order valence-electron chi connectivity index (χ2n) is 4.29. The van der Waals surface area contributed by atoms with Crippen molar-refractivity contribution < 1.29 is 4.74 Å². The first-order valence-electron chi connectivity index (χ1n) is 6.09. The summed E-state index contributed by atoms with van der Waals surface area (Å²) >= 11 is 0. The lowest BCUT2D eigenvalue weighted by Crippen LogP contribution is -1.96. The summed E-state index contributed by atoms with van der Waals surface area (Å²) < 4.78 is 7.14. The number of aromatic nitrogens is 4. The van der Waals surface area contributed by atoms with Crippen molar-refractivity contribution in [2.24, 2.45) is 0 Å². The number of nitrogen functional groups attached to an aromatic ring is 1. The lowest BCUT2D eigenvalue weighted by molar-refractivity contribution is 0.424. The van der Waals surface area contributed by atoms with Crippen LogP contribution in [0.2, 0.25) is 0 Å². The van der Waals surface area contributed by atoms with Gasteiger partial charge in [0.1, 0.15) is 6.33 Å². The zero-order valence-corrected chi connectivity index (χ0v) is 10.9. The van der Waals surface area contributed by atoms with Gasteiger partial charge in [0.25, 0.3) is 0 Å². The van der Waals surface area contributed by atoms with Gasteiger partial charge in [-0.05, 0) is 24.6 Å². The van der Waals surface area contributed by atoms with Crippen LogP contribution in [0.4, 0.5) is 5.69 Å². The number of aryl methyl sites for hydroxylation is 1. The maximum absolute atomic E-state index is 5.71. The van der Waals surface area contributed by atoms with Crippen molar-refractivity contribution in [2.45, 2.75) is 6.92 Å². The van der Waals surface area contributed by atoms with Crippen LogP contribution in [0.5, 0.6) is 11.9 Å². The second kappa shape index (κ2) is 5.00. The van der Waals surface area contributed by atoms with Gasteiger partial charge in [0.2, 0.25) is 5.88 Å². The molecule has 2 aromatic heterocycles. The van der Waals surface area contributed by atoms with Gasteiger partial charge in [-0.2, -0.15) is 4.98 Å². The molecule has 6 heteroatoms. The minimum atomic E-state index is 0.241. The van der Waals surface area contributed by atoms with Gasteiger partial charge in [0, 0.05) is 6.07 Å². The van der Waals surface area contributed by atoms with E-state index >= 15 is 0 Å². The third-order valence-corrected chi connectivity index (χ3v) is 2.81. The van der Waals surface area contributed by atoms with Crippen molar-refractivity contribution >= 4 is 5.69 Å². The average Bonchev–Trinajstić information content (AvgIpc) is 2.92. The fraction of sp³-hybridized carbons (Fsp3) is 0.0714. The highest BCUT2D eigenvalue weighted by atomic mass is 16.5. The van der Waals surface area contributed by atoms with E-state index in [0.29, 0.717) is 11.6 Å². The molecule has 1 aromatic carbocycles. The SMILES string of the molecule is Cc1cc(Oc2ncn(-c3ccccc3)n2)ncc1N. The molecule has 0 spiro atoms. The molecule has 3 rings (SSSR count). The van der Waals surface area contributed by atoms with Crippen LogP contribution in [0.15, 0.2) is 48.9 Å². The van der Waals surface area contributed by atoms with Crippen LogP contribution in [-0.2, 0) is 0 Å². The molecule has 3 aromatic rings. The molecule has 20 heavy (non-hydrogen) atoms. The fourth-order valence-electron chi connectivity index (χ4n) is 1.69. The van der Waals surface area contributed by atoms with Gasteiger partial charge in [-0.1, -0.05) is 18.2 Å². The van der Waals surface area contributed by atoms with Crippen LogP contribution in [0.1, 0.15) is 5.56 Å². The van der Waals surface area contributed by atoms with E-state index < -0.39 is 0 Å². The zero-order chi connectivity index (χ0) is 13.9. The number of nitrogens with zero attached hydrogens (tertiary/aromatic N) is 4. The van der Waals surface area contributed by atoms with E-state index in [-0.39, 0.29) is 6.01 Å². The molecule has 0 saturated heterocycles. The van der Waals surface area contributed by atoms with E-state index in [4.69, 9.17) is 10.5 Å². The third kappa shape index (κ3) is 2.44. The van der Waals surface area contributed by atoms with Gasteiger partial charge in [0.05, 0.1) is 17.6 Å². The first-order valence-corrected chi connectivity index (χ1v) is 6.09. The smallest absolute Gasteiger partial charge is 0.342 e. The Labute approximate surface area is 115 Å². The molecule has 0 unspecified atom stereocenters. The maximum atomic E-state index is 5.71. The lowest BCUT2D eigenvalue weighted by Gasteiger charge is -2.03. The topological polar surface area (TPSA) is 78.8 Å². The summed E-state index contributed by atoms with van der Waals surface area (Å²) in [6, 6.07) is 11.7. The van der Waals surface area contributed by atoms with Crippen molar-refractivity contribution in [3.8, 4) is 17.6 Å². The molecule has 0 atom stereocenters. The van der Waals surface area contributed by atoms with E-state index in [1.165, 1.54) is 0 Å². The first kappa shape index (κ1) is 12.2. The van der Waals surface area contributed by atoms with Gasteiger partial charge in [-0.25, -0.2) is 9.67 Å². The molecule has 2 heterocycles. The Morgan fingerprint density at radius 1 is 1.15 bits per heavy atom. The third-order valence-electron chi connectivity index (χ3n) is 2.81. The number of ether oxygens (including phenoxy) is 1. The predicted molar refractivity (Wildman–Crippen MR) is 74.8 cm³/mol. The Hall–Kier alpha value is -2.89. The zero-order valence-electron chi connectivity index (χ0n) is 10.9. The summed E-state index contributed by atoms with van der Waals surface area (Å²) in [5.74, 6) is 0.419. The Morgan fingerprint density at radius 2 is 1.95 bits per heavy atom. The van der Waals surface area contributed by atoms with Crippen molar-refractivity contribution in [3.63, 3.8) is 0 Å². The number of anilines is 1. The van der Waals surface area contributed by atoms with E-state index in [1.807, 2.05) is 37.3 Å². The van der Waals surface area contributed by atoms with Crippen LogP contribution in [0.3, 0.4) is 0 Å². The fourth-order valence-corrected chi connectivity index (χ4v) is 1.69. The number of pyridine rings is 1. The van der Waals surface area contributed by atoms with Gasteiger partial charge < -0.3 is 10.5 Å². The van der Waals surface area contributed by atoms with Crippen LogP contribution in [0, 0.1) is 6.92 Å². The summed E-state index contributed by atoms with van der Waals surface area (Å²) in [6.45, 7) is 1.89. The molecular formula is C14H13N5O. The number of hydrogen-bond acceptors (Lipinski definition) is 5. The molecule has 0 amide bonds. The number of para-hydroxylation sites is 1. The largest absolute Gasteiger partial charge is 0.404 e. The summed E-state index contributed by atoms with van der Waals surface area (Å²) in [7, 11) is 0. The predicted octanol–water partition coefficient (Wildman–Crippen LogP) is 2.35. The Morgan fingerprint density at radius 3 is 2.70 bits per heavy atom. The molecule has 0 aliphatic heterocycles. The lowest BCUT2D eigenvalue weighted by atomic mass is 10.2. The average molecular weight is 267 g/mol. The normalized spacial score (nSPS) is 10.4. The standard InChI is InChI=1S/C14H13N5O/c1-10-7-13(16-8-12(10)15)20-14-17-9-19(18-14)11-5-3-2-4-6-11/h2-9H,15H2,1H3. The van der Waals surface area contributed by atoms with Gasteiger partial charge in [0.15, 0.2) is 0 Å². The highest BCUT2D eigenvalue weighted by molar-refractivity contribution is 5.45. The summed E-state index contributed by atoms with van der Waals surface area (Å²) in [6.07, 6.45) is 3.15. The highest BCUT2D eigenvalue weighted by Crippen LogP contribution is 2.19. The van der Waals surface area contributed by atoms with Gasteiger partial charge >= 0.3 is 6.01 Å². The van der Waals surface area contributed by atoms with Crippen LogP contribution >= 0.6 is 0 Å². The van der Waals surface area contributed by atoms with E-state index in [1.54, 1.807) is 23.3 Å². The second-order valence-corrected chi connectivity index (χ2v) is 4.29. The van der Waals surface area contributed by atoms with Crippen molar-refractivity contribution in [1.82, 2.24) is 19.7 Å². The number of rotatable bonds is 3. The van der Waals surface area contributed by atoms with Crippen molar-refractivity contribution in [1.29, 1.82) is 0 Å². The Bertz CT molecular complexity index is 723. The number of hydrogen-bond donors (Lipinski definition) is 1. The van der Waals surface area contributed by atoms with E-state index in [0.717, 1.165) is 11.3 Å². The molecular weight excluding hydrogens is 254 g/mol. The molecule has 100 valence electrons. The molecule has 0 bridgehead atoms. The van der Waals surface area contributed by atoms with E-state index in [9.17, 15) is 0 Å². The van der Waals surface area contributed by atoms with Gasteiger partial charge in [-0.3, -0.25) is 0 Å². The summed E-state index contributed by atoms with van der Waals surface area (Å²) in [5.41, 5.74) is 8.15. The molecule has 2 N–H and O–H groups in total. The molecule has 0 aliphatic rings. The van der Waals surface area contributed by atoms with Gasteiger partial charge in [-0.15, -0.1) is 5.10 Å². The van der Waals surface area contributed by atoms with Crippen LogP contribution < -0.4 is 10.5 Å². The number of benzene rings is 1. The minimum Gasteiger partial charge on any atom is -0.404 e. The molecule has 0 aliphatic carbocycles. The van der Waals surface area contributed by atoms with Crippen molar-refractivity contribution in [3.05, 3.63) is 54.5 Å².